The Morgan fingerprint density at radius 3 is 2.58 bits per heavy atom. The zero-order valence-electron chi connectivity index (χ0n) is 12.4. The SMILES string of the molecule is CN(C)C(=O)c1ccccc1NC1CCCC1(C)C. The van der Waals surface area contributed by atoms with Crippen LogP contribution in [0.3, 0.4) is 0 Å². The van der Waals surface area contributed by atoms with Crippen molar-refractivity contribution in [2.45, 2.75) is 39.2 Å². The van der Waals surface area contributed by atoms with E-state index in [2.05, 4.69) is 19.2 Å². The predicted molar refractivity (Wildman–Crippen MR) is 79.5 cm³/mol. The molecule has 2 rings (SSSR count). The molecule has 1 N–H and O–H groups in total. The van der Waals surface area contributed by atoms with Crippen LogP contribution in [0.5, 0.6) is 0 Å². The highest BCUT2D eigenvalue weighted by Gasteiger charge is 2.34. The van der Waals surface area contributed by atoms with E-state index >= 15 is 0 Å². The van der Waals surface area contributed by atoms with E-state index in [1.807, 2.05) is 24.3 Å². The fourth-order valence-electron chi connectivity index (χ4n) is 2.82. The molecule has 1 aliphatic carbocycles. The Hall–Kier alpha value is -1.51. The Morgan fingerprint density at radius 2 is 2.00 bits per heavy atom. The molecule has 1 fully saturated rings. The van der Waals surface area contributed by atoms with Crippen LogP contribution in [0, 0.1) is 5.41 Å². The van der Waals surface area contributed by atoms with Crippen molar-refractivity contribution in [3.8, 4) is 0 Å². The molecule has 0 aromatic heterocycles. The van der Waals surface area contributed by atoms with Crippen molar-refractivity contribution in [1.82, 2.24) is 4.90 Å². The first-order valence-electron chi connectivity index (χ1n) is 6.99. The number of hydrogen-bond acceptors (Lipinski definition) is 2. The van der Waals surface area contributed by atoms with Crippen molar-refractivity contribution in [3.63, 3.8) is 0 Å². The quantitative estimate of drug-likeness (QED) is 0.903. The van der Waals surface area contributed by atoms with Crippen molar-refractivity contribution in [3.05, 3.63) is 29.8 Å². The zero-order chi connectivity index (χ0) is 14.0. The summed E-state index contributed by atoms with van der Waals surface area (Å²) in [5, 5.41) is 3.59. The lowest BCUT2D eigenvalue weighted by molar-refractivity contribution is 0.0828. The van der Waals surface area contributed by atoms with Gasteiger partial charge in [-0.25, -0.2) is 0 Å². The molecule has 0 aliphatic heterocycles. The third kappa shape index (κ3) is 2.91. The molecule has 0 radical (unpaired) electrons. The van der Waals surface area contributed by atoms with E-state index < -0.39 is 0 Å². The molecule has 1 atom stereocenters. The molecule has 1 aromatic rings. The number of nitrogens with one attached hydrogen (secondary N) is 1. The highest BCUT2D eigenvalue weighted by Crippen LogP contribution is 2.39. The first kappa shape index (κ1) is 13.9. The summed E-state index contributed by atoms with van der Waals surface area (Å²) in [7, 11) is 3.58. The van der Waals surface area contributed by atoms with Gasteiger partial charge in [-0.3, -0.25) is 4.79 Å². The average Bonchev–Trinajstić information content (AvgIpc) is 2.68. The molecule has 0 bridgehead atoms. The molecule has 0 spiro atoms. The maximum Gasteiger partial charge on any atom is 0.255 e. The van der Waals surface area contributed by atoms with Crippen LogP contribution >= 0.6 is 0 Å². The molecule has 1 aliphatic rings. The Balaban J connectivity index is 2.23. The van der Waals surface area contributed by atoms with Crippen LogP contribution in [0.25, 0.3) is 0 Å². The zero-order valence-corrected chi connectivity index (χ0v) is 12.4. The van der Waals surface area contributed by atoms with Gasteiger partial charge < -0.3 is 10.2 Å². The molecule has 1 saturated carbocycles. The third-order valence-electron chi connectivity index (χ3n) is 4.15. The standard InChI is InChI=1S/C16H24N2O/c1-16(2)11-7-10-14(16)17-13-9-6-5-8-12(13)15(19)18(3)4/h5-6,8-9,14,17H,7,10-11H2,1-4H3. The molecule has 19 heavy (non-hydrogen) atoms. The number of nitrogens with zero attached hydrogens (tertiary/aromatic N) is 1. The lowest BCUT2D eigenvalue weighted by Gasteiger charge is -2.29. The number of benzene rings is 1. The lowest BCUT2D eigenvalue weighted by atomic mass is 9.87. The van der Waals surface area contributed by atoms with Crippen LogP contribution in [-0.4, -0.2) is 30.9 Å². The monoisotopic (exact) mass is 260 g/mol. The summed E-state index contributed by atoms with van der Waals surface area (Å²) in [5.41, 5.74) is 2.02. The van der Waals surface area contributed by atoms with E-state index in [1.54, 1.807) is 19.0 Å². The van der Waals surface area contributed by atoms with Crippen molar-refractivity contribution in [1.29, 1.82) is 0 Å². The molecule has 0 saturated heterocycles. The Kier molecular flexibility index (Phi) is 3.83. The normalized spacial score (nSPS) is 21.2. The topological polar surface area (TPSA) is 32.3 Å². The van der Waals surface area contributed by atoms with Gasteiger partial charge in [0.05, 0.1) is 5.56 Å². The van der Waals surface area contributed by atoms with Crippen molar-refractivity contribution >= 4 is 11.6 Å². The van der Waals surface area contributed by atoms with Gasteiger partial charge in [0.25, 0.3) is 5.91 Å². The summed E-state index contributed by atoms with van der Waals surface area (Å²) in [6.45, 7) is 4.60. The van der Waals surface area contributed by atoms with Gasteiger partial charge in [-0.1, -0.05) is 32.4 Å². The second kappa shape index (κ2) is 5.24. The van der Waals surface area contributed by atoms with Crippen molar-refractivity contribution in [2.24, 2.45) is 5.41 Å². The highest BCUT2D eigenvalue weighted by atomic mass is 16.2. The van der Waals surface area contributed by atoms with Gasteiger partial charge in [-0.05, 0) is 30.4 Å². The van der Waals surface area contributed by atoms with Gasteiger partial charge in [-0.2, -0.15) is 0 Å². The molecule has 3 heteroatoms. The van der Waals surface area contributed by atoms with Crippen LogP contribution in [-0.2, 0) is 0 Å². The minimum atomic E-state index is 0.0545. The van der Waals surface area contributed by atoms with Gasteiger partial charge in [-0.15, -0.1) is 0 Å². The van der Waals surface area contributed by atoms with E-state index in [0.717, 1.165) is 11.3 Å². The fraction of sp³-hybridized carbons (Fsp3) is 0.562. The number of amides is 1. The number of para-hydroxylation sites is 1. The lowest BCUT2D eigenvalue weighted by Crippen LogP contribution is -2.32. The highest BCUT2D eigenvalue weighted by molar-refractivity contribution is 5.99. The molecular formula is C16H24N2O. The van der Waals surface area contributed by atoms with Crippen molar-refractivity contribution in [2.75, 3.05) is 19.4 Å². The number of carbonyl (C=O) groups excluding carboxylic acids is 1. The van der Waals surface area contributed by atoms with Gasteiger partial charge >= 0.3 is 0 Å². The molecule has 3 nitrogen and oxygen atoms in total. The number of carbonyl (C=O) groups is 1. The number of rotatable bonds is 3. The largest absolute Gasteiger partial charge is 0.381 e. The molecule has 1 unspecified atom stereocenters. The summed E-state index contributed by atoms with van der Waals surface area (Å²) in [6, 6.07) is 8.25. The van der Waals surface area contributed by atoms with Crippen LogP contribution in [0.2, 0.25) is 0 Å². The first-order valence-corrected chi connectivity index (χ1v) is 6.99. The fourth-order valence-corrected chi connectivity index (χ4v) is 2.82. The summed E-state index contributed by atoms with van der Waals surface area (Å²) in [4.78, 5) is 13.8. The van der Waals surface area contributed by atoms with Crippen LogP contribution < -0.4 is 5.32 Å². The van der Waals surface area contributed by atoms with Crippen LogP contribution in [0.1, 0.15) is 43.5 Å². The maximum atomic E-state index is 12.2. The Labute approximate surface area is 116 Å². The molecule has 104 valence electrons. The summed E-state index contributed by atoms with van der Waals surface area (Å²) >= 11 is 0. The molecule has 1 amide bonds. The summed E-state index contributed by atoms with van der Waals surface area (Å²) < 4.78 is 0. The predicted octanol–water partition coefficient (Wildman–Crippen LogP) is 3.38. The van der Waals surface area contributed by atoms with E-state index in [4.69, 9.17) is 0 Å². The van der Waals surface area contributed by atoms with Gasteiger partial charge in [0.15, 0.2) is 0 Å². The summed E-state index contributed by atoms with van der Waals surface area (Å²) in [5.74, 6) is 0.0545. The van der Waals surface area contributed by atoms with E-state index in [1.165, 1.54) is 19.3 Å². The Morgan fingerprint density at radius 1 is 1.32 bits per heavy atom. The minimum Gasteiger partial charge on any atom is -0.381 e. The van der Waals surface area contributed by atoms with E-state index in [-0.39, 0.29) is 5.91 Å². The summed E-state index contributed by atoms with van der Waals surface area (Å²) in [6.07, 6.45) is 3.68. The number of anilines is 1. The first-order chi connectivity index (χ1) is 8.92. The minimum absolute atomic E-state index is 0.0545. The van der Waals surface area contributed by atoms with E-state index in [0.29, 0.717) is 11.5 Å². The van der Waals surface area contributed by atoms with Gasteiger partial charge in [0.2, 0.25) is 0 Å². The molecule has 0 heterocycles. The van der Waals surface area contributed by atoms with Crippen molar-refractivity contribution < 1.29 is 4.79 Å². The molecule has 1 aromatic carbocycles. The third-order valence-corrected chi connectivity index (χ3v) is 4.15. The second-order valence-electron chi connectivity index (χ2n) is 6.32. The smallest absolute Gasteiger partial charge is 0.255 e. The molecular weight excluding hydrogens is 236 g/mol. The van der Waals surface area contributed by atoms with Crippen LogP contribution in [0.4, 0.5) is 5.69 Å². The number of hydrogen-bond donors (Lipinski definition) is 1. The average molecular weight is 260 g/mol. The van der Waals surface area contributed by atoms with Gasteiger partial charge in [0, 0.05) is 25.8 Å². The van der Waals surface area contributed by atoms with Crippen LogP contribution in [0.15, 0.2) is 24.3 Å². The van der Waals surface area contributed by atoms with Gasteiger partial charge in [0.1, 0.15) is 0 Å². The Bertz CT molecular complexity index is 466. The maximum absolute atomic E-state index is 12.2. The second-order valence-corrected chi connectivity index (χ2v) is 6.32. The van der Waals surface area contributed by atoms with E-state index in [9.17, 15) is 4.79 Å².